The number of rotatable bonds is 10. The van der Waals surface area contributed by atoms with Crippen LogP contribution in [0.25, 0.3) is 22.6 Å². The predicted molar refractivity (Wildman–Crippen MR) is 150 cm³/mol. The Kier molecular flexibility index (Phi) is 8.68. The fourth-order valence-corrected chi connectivity index (χ4v) is 4.60. The van der Waals surface area contributed by atoms with Crippen molar-refractivity contribution in [2.24, 2.45) is 7.05 Å². The lowest BCUT2D eigenvalue weighted by atomic mass is 10.1. The standard InChI is InChI=1S/C27H31ClFN9O2/c1-17(4-8-40-27-20(15-34-37(27)2)26-31-5-3-24(30)36-26)35-22-12-23(28)32-14-19(22)25-21(29)11-18(13-33-25)16-38-6-9-39-10-7-38/h3,5,11-15,17H,4,6-10,16H2,1-2H3,(H,32,35)(H2,30,31,36)/t17-/m0/s1. The van der Waals surface area contributed by atoms with Crippen molar-refractivity contribution in [1.29, 1.82) is 0 Å². The van der Waals surface area contributed by atoms with Crippen LogP contribution in [-0.4, -0.2) is 73.6 Å². The summed E-state index contributed by atoms with van der Waals surface area (Å²) < 4.78 is 28.3. The molecule has 5 heterocycles. The summed E-state index contributed by atoms with van der Waals surface area (Å²) in [6.45, 7) is 6.00. The molecule has 0 saturated carbocycles. The number of nitrogens with one attached hydrogen (secondary N) is 1. The maximum absolute atomic E-state index is 15.3. The van der Waals surface area contributed by atoms with E-state index in [2.05, 4.69) is 35.3 Å². The van der Waals surface area contributed by atoms with E-state index >= 15 is 4.39 Å². The van der Waals surface area contributed by atoms with E-state index in [1.165, 1.54) is 12.3 Å². The van der Waals surface area contributed by atoms with E-state index in [0.29, 0.717) is 72.3 Å². The van der Waals surface area contributed by atoms with Crippen LogP contribution in [0.4, 0.5) is 15.9 Å². The molecule has 1 fully saturated rings. The molecular formula is C27H31ClFN9O2. The first-order valence-corrected chi connectivity index (χ1v) is 13.4. The van der Waals surface area contributed by atoms with Crippen molar-refractivity contribution in [1.82, 2.24) is 34.6 Å². The van der Waals surface area contributed by atoms with Crippen molar-refractivity contribution in [2.45, 2.75) is 25.9 Å². The molecule has 4 aromatic heterocycles. The van der Waals surface area contributed by atoms with Gasteiger partial charge in [-0.15, -0.1) is 0 Å². The van der Waals surface area contributed by atoms with Gasteiger partial charge in [-0.05, 0) is 30.7 Å². The Morgan fingerprint density at radius 3 is 2.75 bits per heavy atom. The number of nitrogens with two attached hydrogens (primary N) is 1. The summed E-state index contributed by atoms with van der Waals surface area (Å²) >= 11 is 6.20. The second kappa shape index (κ2) is 12.5. The highest BCUT2D eigenvalue weighted by atomic mass is 35.5. The molecule has 0 spiro atoms. The van der Waals surface area contributed by atoms with Gasteiger partial charge in [0.1, 0.15) is 28.0 Å². The third-order valence-corrected chi connectivity index (χ3v) is 6.73. The summed E-state index contributed by atoms with van der Waals surface area (Å²) in [7, 11) is 1.78. The van der Waals surface area contributed by atoms with Crippen molar-refractivity contribution >= 4 is 23.1 Å². The average molecular weight is 568 g/mol. The Morgan fingerprint density at radius 1 is 1.15 bits per heavy atom. The van der Waals surface area contributed by atoms with E-state index in [1.54, 1.807) is 42.5 Å². The topological polar surface area (TPSA) is 129 Å². The van der Waals surface area contributed by atoms with Gasteiger partial charge in [-0.2, -0.15) is 5.10 Å². The molecule has 1 aliphatic heterocycles. The van der Waals surface area contributed by atoms with Crippen LogP contribution in [0.2, 0.25) is 5.15 Å². The molecule has 0 amide bonds. The molecule has 4 aromatic rings. The van der Waals surface area contributed by atoms with Crippen LogP contribution in [0, 0.1) is 5.82 Å². The van der Waals surface area contributed by atoms with Crippen LogP contribution in [0.3, 0.4) is 0 Å². The van der Waals surface area contributed by atoms with Crippen molar-refractivity contribution < 1.29 is 13.9 Å². The first-order valence-electron chi connectivity index (χ1n) is 13.0. The van der Waals surface area contributed by atoms with Crippen LogP contribution in [0.1, 0.15) is 18.9 Å². The number of anilines is 2. The molecule has 0 aromatic carbocycles. The minimum atomic E-state index is -0.415. The van der Waals surface area contributed by atoms with Gasteiger partial charge < -0.3 is 20.5 Å². The third-order valence-electron chi connectivity index (χ3n) is 6.53. The number of ether oxygens (including phenoxy) is 2. The zero-order chi connectivity index (χ0) is 28.1. The van der Waals surface area contributed by atoms with Crippen molar-refractivity contribution in [3.63, 3.8) is 0 Å². The number of nitrogens with zero attached hydrogens (tertiary/aromatic N) is 7. The summed E-state index contributed by atoms with van der Waals surface area (Å²) in [5.74, 6) is 0.924. The Morgan fingerprint density at radius 2 is 1.98 bits per heavy atom. The minimum Gasteiger partial charge on any atom is -0.477 e. The summed E-state index contributed by atoms with van der Waals surface area (Å²) in [5, 5.41) is 7.97. The molecule has 11 nitrogen and oxygen atoms in total. The maximum atomic E-state index is 15.3. The molecule has 1 saturated heterocycles. The van der Waals surface area contributed by atoms with E-state index < -0.39 is 5.82 Å². The Hall–Kier alpha value is -3.87. The smallest absolute Gasteiger partial charge is 0.222 e. The molecule has 40 heavy (non-hydrogen) atoms. The quantitative estimate of drug-likeness (QED) is 0.273. The van der Waals surface area contributed by atoms with Crippen molar-refractivity contribution in [3.8, 4) is 28.5 Å². The lowest BCUT2D eigenvalue weighted by molar-refractivity contribution is 0.0341. The van der Waals surface area contributed by atoms with E-state index in [4.69, 9.17) is 26.8 Å². The Bertz CT molecular complexity index is 1460. The molecule has 0 bridgehead atoms. The van der Waals surface area contributed by atoms with Gasteiger partial charge in [0, 0.05) is 69.0 Å². The zero-order valence-corrected chi connectivity index (χ0v) is 23.1. The zero-order valence-electron chi connectivity index (χ0n) is 22.3. The summed E-state index contributed by atoms with van der Waals surface area (Å²) in [6, 6.07) is 4.77. The normalized spacial score (nSPS) is 14.7. The monoisotopic (exact) mass is 567 g/mol. The number of aryl methyl sites for hydroxylation is 1. The summed E-state index contributed by atoms with van der Waals surface area (Å²) in [5.41, 5.74) is 8.64. The summed E-state index contributed by atoms with van der Waals surface area (Å²) in [6.07, 6.45) is 7.10. The molecule has 210 valence electrons. The fraction of sp³-hybridized carbons (Fsp3) is 0.370. The van der Waals surface area contributed by atoms with E-state index in [-0.39, 0.29) is 11.7 Å². The Labute approximate surface area is 236 Å². The Balaban J connectivity index is 1.25. The fourth-order valence-electron chi connectivity index (χ4n) is 4.44. The number of hydrogen-bond acceptors (Lipinski definition) is 10. The van der Waals surface area contributed by atoms with Gasteiger partial charge in [0.2, 0.25) is 5.88 Å². The highest BCUT2D eigenvalue weighted by Gasteiger charge is 2.19. The van der Waals surface area contributed by atoms with Gasteiger partial charge in [0.05, 0.1) is 26.0 Å². The van der Waals surface area contributed by atoms with E-state index in [9.17, 15) is 0 Å². The van der Waals surface area contributed by atoms with Crippen molar-refractivity contribution in [3.05, 3.63) is 59.5 Å². The first-order chi connectivity index (χ1) is 19.4. The van der Waals surface area contributed by atoms with Gasteiger partial charge in [-0.25, -0.2) is 24.0 Å². The lowest BCUT2D eigenvalue weighted by Gasteiger charge is -2.26. The number of morpholine rings is 1. The summed E-state index contributed by atoms with van der Waals surface area (Å²) in [4.78, 5) is 19.4. The highest BCUT2D eigenvalue weighted by molar-refractivity contribution is 6.29. The molecule has 0 unspecified atom stereocenters. The number of hydrogen-bond donors (Lipinski definition) is 2. The van der Waals surface area contributed by atoms with E-state index in [1.807, 2.05) is 6.92 Å². The SMILES string of the molecule is C[C@@H](CCOc1c(-c2nccc(N)n2)cnn1C)Nc1cc(Cl)ncc1-c1ncc(CN2CCOCC2)cc1F. The highest BCUT2D eigenvalue weighted by Crippen LogP contribution is 2.31. The first kappa shape index (κ1) is 27.7. The van der Waals surface area contributed by atoms with E-state index in [0.717, 1.165) is 18.7 Å². The van der Waals surface area contributed by atoms with Gasteiger partial charge in [0.25, 0.3) is 0 Å². The molecule has 5 rings (SSSR count). The molecule has 1 aliphatic rings. The van der Waals surface area contributed by atoms with Crippen LogP contribution >= 0.6 is 11.6 Å². The molecule has 1 atom stereocenters. The third kappa shape index (κ3) is 6.64. The molecule has 13 heteroatoms. The largest absolute Gasteiger partial charge is 0.477 e. The average Bonchev–Trinajstić information content (AvgIpc) is 3.30. The van der Waals surface area contributed by atoms with Gasteiger partial charge in [0.15, 0.2) is 5.82 Å². The number of aromatic nitrogens is 6. The number of pyridine rings is 2. The number of nitrogen functional groups attached to an aromatic ring is 1. The molecule has 0 aliphatic carbocycles. The molecular weight excluding hydrogens is 537 g/mol. The lowest BCUT2D eigenvalue weighted by Crippen LogP contribution is -2.35. The van der Waals surface area contributed by atoms with Gasteiger partial charge in [-0.1, -0.05) is 11.6 Å². The van der Waals surface area contributed by atoms with Crippen molar-refractivity contribution in [2.75, 3.05) is 44.0 Å². The van der Waals surface area contributed by atoms with Crippen LogP contribution < -0.4 is 15.8 Å². The minimum absolute atomic E-state index is 0.0545. The van der Waals surface area contributed by atoms with Gasteiger partial charge in [-0.3, -0.25) is 9.88 Å². The van der Waals surface area contributed by atoms with Crippen LogP contribution in [0.5, 0.6) is 5.88 Å². The number of halogens is 2. The second-order valence-corrected chi connectivity index (χ2v) is 9.98. The predicted octanol–water partition coefficient (Wildman–Crippen LogP) is 3.81. The van der Waals surface area contributed by atoms with Crippen LogP contribution in [-0.2, 0) is 18.3 Å². The molecule has 3 N–H and O–H groups in total. The van der Waals surface area contributed by atoms with Gasteiger partial charge >= 0.3 is 0 Å². The maximum Gasteiger partial charge on any atom is 0.222 e. The molecule has 0 radical (unpaired) electrons. The van der Waals surface area contributed by atoms with Crippen LogP contribution in [0.15, 0.2) is 43.0 Å². The second-order valence-electron chi connectivity index (χ2n) is 9.59.